The van der Waals surface area contributed by atoms with Gasteiger partial charge in [0.25, 0.3) is 0 Å². The lowest BCUT2D eigenvalue weighted by atomic mass is 10.1. The quantitative estimate of drug-likeness (QED) is 0.852. The third kappa shape index (κ3) is 3.95. The first-order chi connectivity index (χ1) is 9.35. The zero-order valence-corrected chi connectivity index (χ0v) is 12.2. The molecule has 0 radical (unpaired) electrons. The number of likely N-dealkylation sites (N-methyl/N-ethyl adjacent to an activating group) is 1. The van der Waals surface area contributed by atoms with E-state index in [1.807, 2.05) is 0 Å². The minimum Gasteiger partial charge on any atom is -0.383 e. The number of nitrogens with one attached hydrogen (secondary N) is 1. The number of ether oxygens (including phenoxy) is 1. The molecule has 0 amide bonds. The van der Waals surface area contributed by atoms with Crippen LogP contribution in [0.3, 0.4) is 0 Å². The van der Waals surface area contributed by atoms with Crippen LogP contribution in [-0.2, 0) is 11.2 Å². The van der Waals surface area contributed by atoms with Crippen LogP contribution < -0.4 is 10.2 Å². The fraction of sp³-hybridized carbons (Fsp3) is 0.625. The summed E-state index contributed by atoms with van der Waals surface area (Å²) in [4.78, 5) is 2.52. The zero-order chi connectivity index (χ0) is 13.5. The molecule has 1 N–H and O–H groups in total. The summed E-state index contributed by atoms with van der Waals surface area (Å²) in [7, 11) is 1.78. The van der Waals surface area contributed by atoms with Crippen molar-refractivity contribution in [3.8, 4) is 0 Å². The van der Waals surface area contributed by atoms with Gasteiger partial charge in [0.2, 0.25) is 0 Å². The second-order valence-electron chi connectivity index (χ2n) is 5.24. The molecule has 19 heavy (non-hydrogen) atoms. The van der Waals surface area contributed by atoms with Gasteiger partial charge in [-0.05, 0) is 37.4 Å². The number of aryl methyl sites for hydroxylation is 1. The van der Waals surface area contributed by atoms with E-state index in [0.717, 1.165) is 26.2 Å². The average Bonchev–Trinajstić information content (AvgIpc) is 2.62. The molecule has 1 atom stereocenters. The van der Waals surface area contributed by atoms with Crippen molar-refractivity contribution in [1.29, 1.82) is 0 Å². The number of hydrogen-bond donors (Lipinski definition) is 1. The van der Waals surface area contributed by atoms with Crippen LogP contribution in [0.5, 0.6) is 0 Å². The first kappa shape index (κ1) is 14.4. The number of nitrogens with zero attached hydrogens (tertiary/aromatic N) is 1. The molecule has 0 fully saturated rings. The summed E-state index contributed by atoms with van der Waals surface area (Å²) < 4.78 is 5.33. The van der Waals surface area contributed by atoms with Gasteiger partial charge in [-0.25, -0.2) is 0 Å². The van der Waals surface area contributed by atoms with E-state index < -0.39 is 0 Å². The third-order valence-corrected chi connectivity index (χ3v) is 3.76. The van der Waals surface area contributed by atoms with Crippen LogP contribution >= 0.6 is 0 Å². The number of rotatable bonds is 6. The molecule has 0 aromatic heterocycles. The molecule has 106 valence electrons. The predicted molar refractivity (Wildman–Crippen MR) is 80.9 cm³/mol. The summed E-state index contributed by atoms with van der Waals surface area (Å²) in [5, 5.41) is 3.52. The van der Waals surface area contributed by atoms with E-state index in [2.05, 4.69) is 41.4 Å². The molecule has 0 saturated carbocycles. The van der Waals surface area contributed by atoms with Crippen molar-refractivity contribution in [3.63, 3.8) is 0 Å². The number of fused-ring (bicyclic) bond motifs is 1. The third-order valence-electron chi connectivity index (χ3n) is 3.76. The molecule has 0 saturated heterocycles. The lowest BCUT2D eigenvalue weighted by Gasteiger charge is -2.29. The lowest BCUT2D eigenvalue weighted by molar-refractivity contribution is 0.168. The van der Waals surface area contributed by atoms with Gasteiger partial charge in [0.15, 0.2) is 0 Å². The van der Waals surface area contributed by atoms with Gasteiger partial charge in [0.05, 0.1) is 6.61 Å². The summed E-state index contributed by atoms with van der Waals surface area (Å²) in [5.74, 6) is 0. The molecular weight excluding hydrogens is 236 g/mol. The molecular formula is C16H26N2O. The topological polar surface area (TPSA) is 24.5 Å². The van der Waals surface area contributed by atoms with E-state index in [0.29, 0.717) is 6.04 Å². The van der Waals surface area contributed by atoms with E-state index in [-0.39, 0.29) is 0 Å². The minimum atomic E-state index is 0.404. The van der Waals surface area contributed by atoms with Crippen molar-refractivity contribution in [1.82, 2.24) is 5.32 Å². The van der Waals surface area contributed by atoms with Crippen molar-refractivity contribution >= 4 is 5.69 Å². The summed E-state index contributed by atoms with van der Waals surface area (Å²) in [6.07, 6.45) is 3.78. The van der Waals surface area contributed by atoms with Gasteiger partial charge in [-0.2, -0.15) is 0 Å². The second kappa shape index (κ2) is 7.51. The zero-order valence-electron chi connectivity index (χ0n) is 12.2. The molecule has 1 aromatic carbocycles. The Labute approximate surface area is 116 Å². The van der Waals surface area contributed by atoms with E-state index in [1.54, 1.807) is 7.11 Å². The van der Waals surface area contributed by atoms with Gasteiger partial charge in [-0.1, -0.05) is 25.1 Å². The van der Waals surface area contributed by atoms with Crippen LogP contribution in [0, 0.1) is 0 Å². The Balaban J connectivity index is 2.10. The highest BCUT2D eigenvalue weighted by molar-refractivity contribution is 5.54. The van der Waals surface area contributed by atoms with Gasteiger partial charge in [0.1, 0.15) is 0 Å². The number of para-hydroxylation sites is 1. The number of methoxy groups -OCH3 is 1. The Bertz CT molecular complexity index is 375. The van der Waals surface area contributed by atoms with E-state index >= 15 is 0 Å². The highest BCUT2D eigenvalue weighted by Crippen LogP contribution is 2.26. The maximum absolute atomic E-state index is 5.33. The molecule has 0 spiro atoms. The van der Waals surface area contributed by atoms with Crippen LogP contribution in [0.4, 0.5) is 5.69 Å². The van der Waals surface area contributed by atoms with Crippen LogP contribution in [0.2, 0.25) is 0 Å². The smallest absolute Gasteiger partial charge is 0.0633 e. The Morgan fingerprint density at radius 1 is 1.32 bits per heavy atom. The standard InChI is InChI=1S/C16H26N2O/c1-3-17-15(13-19-2)12-18-11-7-6-9-14-8-4-5-10-16(14)18/h4-5,8,10,15,17H,3,6-7,9,11-13H2,1-2H3. The Morgan fingerprint density at radius 2 is 2.16 bits per heavy atom. The molecule has 3 heteroatoms. The Kier molecular flexibility index (Phi) is 5.67. The monoisotopic (exact) mass is 262 g/mol. The average molecular weight is 262 g/mol. The van der Waals surface area contributed by atoms with E-state index in [1.165, 1.54) is 30.5 Å². The summed E-state index contributed by atoms with van der Waals surface area (Å²) in [6.45, 7) is 6.09. The lowest BCUT2D eigenvalue weighted by Crippen LogP contribution is -2.44. The van der Waals surface area contributed by atoms with Crippen molar-refractivity contribution in [2.75, 3.05) is 38.3 Å². The van der Waals surface area contributed by atoms with Crippen molar-refractivity contribution in [3.05, 3.63) is 29.8 Å². The largest absolute Gasteiger partial charge is 0.383 e. The van der Waals surface area contributed by atoms with Gasteiger partial charge in [-0.3, -0.25) is 0 Å². The molecule has 0 bridgehead atoms. The van der Waals surface area contributed by atoms with E-state index in [4.69, 9.17) is 4.74 Å². The van der Waals surface area contributed by atoms with E-state index in [9.17, 15) is 0 Å². The highest BCUT2D eigenvalue weighted by atomic mass is 16.5. The first-order valence-corrected chi connectivity index (χ1v) is 7.40. The molecule has 1 aliphatic heterocycles. The second-order valence-corrected chi connectivity index (χ2v) is 5.24. The first-order valence-electron chi connectivity index (χ1n) is 7.40. The number of anilines is 1. The Morgan fingerprint density at radius 3 is 2.95 bits per heavy atom. The van der Waals surface area contributed by atoms with Crippen molar-refractivity contribution in [2.24, 2.45) is 0 Å². The van der Waals surface area contributed by atoms with Crippen LogP contribution in [0.15, 0.2) is 24.3 Å². The molecule has 1 aliphatic rings. The van der Waals surface area contributed by atoms with Crippen molar-refractivity contribution < 1.29 is 4.74 Å². The van der Waals surface area contributed by atoms with Gasteiger partial charge in [-0.15, -0.1) is 0 Å². The molecule has 1 heterocycles. The summed E-state index contributed by atoms with van der Waals surface area (Å²) in [5.41, 5.74) is 2.91. The molecule has 1 aromatic rings. The fourth-order valence-corrected chi connectivity index (χ4v) is 2.89. The summed E-state index contributed by atoms with van der Waals surface area (Å²) >= 11 is 0. The molecule has 0 aliphatic carbocycles. The van der Waals surface area contributed by atoms with Crippen molar-refractivity contribution in [2.45, 2.75) is 32.2 Å². The molecule has 2 rings (SSSR count). The van der Waals surface area contributed by atoms with Crippen LogP contribution in [0.25, 0.3) is 0 Å². The summed E-state index contributed by atoms with van der Waals surface area (Å²) in [6, 6.07) is 9.23. The Hall–Kier alpha value is -1.06. The normalized spacial score (nSPS) is 16.8. The fourth-order valence-electron chi connectivity index (χ4n) is 2.89. The minimum absolute atomic E-state index is 0.404. The number of benzene rings is 1. The van der Waals surface area contributed by atoms with Gasteiger partial charge in [0, 0.05) is 31.9 Å². The van der Waals surface area contributed by atoms with Gasteiger partial charge >= 0.3 is 0 Å². The van der Waals surface area contributed by atoms with Gasteiger partial charge < -0.3 is 15.0 Å². The number of hydrogen-bond acceptors (Lipinski definition) is 3. The van der Waals surface area contributed by atoms with Crippen LogP contribution in [0.1, 0.15) is 25.3 Å². The maximum Gasteiger partial charge on any atom is 0.0633 e. The SMILES string of the molecule is CCNC(COC)CN1CCCCc2ccccc21. The molecule has 3 nitrogen and oxygen atoms in total. The predicted octanol–water partition coefficient (Wildman–Crippen LogP) is 2.45. The molecule has 1 unspecified atom stereocenters. The van der Waals surface area contributed by atoms with Crippen LogP contribution in [-0.4, -0.2) is 39.4 Å². The maximum atomic E-state index is 5.33. The highest BCUT2D eigenvalue weighted by Gasteiger charge is 2.18.